The van der Waals surface area contributed by atoms with Gasteiger partial charge in [0.05, 0.1) is 0 Å². The van der Waals surface area contributed by atoms with Crippen molar-refractivity contribution in [2.75, 3.05) is 0 Å². The molecule has 0 radical (unpaired) electrons. The first-order chi connectivity index (χ1) is 8.67. The highest BCUT2D eigenvalue weighted by atomic mass is 79.9. The van der Waals surface area contributed by atoms with Gasteiger partial charge in [0.15, 0.2) is 0 Å². The Hall–Kier alpha value is -0.900. The summed E-state index contributed by atoms with van der Waals surface area (Å²) in [7, 11) is 0. The van der Waals surface area contributed by atoms with Gasteiger partial charge in [-0.05, 0) is 40.9 Å². The van der Waals surface area contributed by atoms with Crippen LogP contribution in [0.15, 0.2) is 22.9 Å². The quantitative estimate of drug-likeness (QED) is 0.775. The maximum Gasteiger partial charge on any atom is 0.251 e. The largest absolute Gasteiger partial charge is 0.349 e. The molecule has 0 saturated carbocycles. The molecule has 0 saturated heterocycles. The number of amides is 1. The molecule has 1 unspecified atom stereocenters. The molecule has 1 heterocycles. The van der Waals surface area contributed by atoms with E-state index in [0.29, 0.717) is 10.2 Å². The van der Waals surface area contributed by atoms with E-state index in [-0.39, 0.29) is 11.9 Å². The van der Waals surface area contributed by atoms with E-state index in [1.807, 2.05) is 0 Å². The van der Waals surface area contributed by atoms with Crippen LogP contribution in [0.5, 0.6) is 0 Å². The van der Waals surface area contributed by atoms with Crippen LogP contribution in [0.3, 0.4) is 0 Å². The summed E-state index contributed by atoms with van der Waals surface area (Å²) in [6, 6.07) is 3.77. The summed E-state index contributed by atoms with van der Waals surface area (Å²) in [5, 5.41) is 3.11. The normalized spacial score (nSPS) is 12.2. The van der Waals surface area contributed by atoms with E-state index in [1.165, 1.54) is 0 Å². The SMILES string of the molecule is CCCCC(CCC)NC(=O)c1ccnc(Br)c1. The number of pyridine rings is 1. The molecule has 0 fully saturated rings. The molecule has 1 aromatic rings. The minimum atomic E-state index is -0.00680. The fourth-order valence-corrected chi connectivity index (χ4v) is 2.26. The first kappa shape index (κ1) is 15.2. The lowest BCUT2D eigenvalue weighted by molar-refractivity contribution is 0.0932. The van der Waals surface area contributed by atoms with Crippen LogP contribution >= 0.6 is 15.9 Å². The number of rotatable bonds is 7. The number of nitrogens with zero attached hydrogens (tertiary/aromatic N) is 1. The number of unbranched alkanes of at least 4 members (excludes halogenated alkanes) is 1. The number of aromatic nitrogens is 1. The number of carbonyl (C=O) groups is 1. The molecule has 0 spiro atoms. The predicted molar refractivity (Wildman–Crippen MR) is 77.6 cm³/mol. The number of carbonyl (C=O) groups excluding carboxylic acids is 1. The van der Waals surface area contributed by atoms with E-state index in [4.69, 9.17) is 0 Å². The topological polar surface area (TPSA) is 42.0 Å². The van der Waals surface area contributed by atoms with E-state index < -0.39 is 0 Å². The molecule has 0 bridgehead atoms. The molecule has 0 aliphatic rings. The Morgan fingerprint density at radius 3 is 2.78 bits per heavy atom. The van der Waals surface area contributed by atoms with Gasteiger partial charge in [0.1, 0.15) is 4.60 Å². The summed E-state index contributed by atoms with van der Waals surface area (Å²) in [4.78, 5) is 16.1. The lowest BCUT2D eigenvalue weighted by atomic mass is 10.0. The Morgan fingerprint density at radius 1 is 1.39 bits per heavy atom. The number of hydrogen-bond acceptors (Lipinski definition) is 2. The monoisotopic (exact) mass is 312 g/mol. The number of halogens is 1. The summed E-state index contributed by atoms with van der Waals surface area (Å²) in [6.45, 7) is 4.32. The zero-order valence-corrected chi connectivity index (χ0v) is 12.7. The van der Waals surface area contributed by atoms with Gasteiger partial charge in [0.25, 0.3) is 5.91 Å². The predicted octanol–water partition coefficient (Wildman–Crippen LogP) is 3.93. The molecule has 0 aliphatic carbocycles. The van der Waals surface area contributed by atoms with Crippen molar-refractivity contribution in [1.29, 1.82) is 0 Å². The van der Waals surface area contributed by atoms with Crippen molar-refractivity contribution in [2.45, 2.75) is 52.0 Å². The molecule has 3 nitrogen and oxygen atoms in total. The van der Waals surface area contributed by atoms with Gasteiger partial charge >= 0.3 is 0 Å². The lowest BCUT2D eigenvalue weighted by Gasteiger charge is -2.17. The smallest absolute Gasteiger partial charge is 0.251 e. The van der Waals surface area contributed by atoms with Gasteiger partial charge < -0.3 is 5.32 Å². The minimum absolute atomic E-state index is 0.00680. The van der Waals surface area contributed by atoms with Crippen molar-refractivity contribution in [3.05, 3.63) is 28.5 Å². The molecule has 1 N–H and O–H groups in total. The van der Waals surface area contributed by atoms with Gasteiger partial charge in [-0.1, -0.05) is 33.1 Å². The van der Waals surface area contributed by atoms with Gasteiger partial charge in [-0.3, -0.25) is 4.79 Å². The van der Waals surface area contributed by atoms with Crippen LogP contribution in [0.4, 0.5) is 0 Å². The van der Waals surface area contributed by atoms with Crippen molar-refractivity contribution in [3.8, 4) is 0 Å². The van der Waals surface area contributed by atoms with Crippen LogP contribution in [0.2, 0.25) is 0 Å². The molecule has 1 rings (SSSR count). The molecule has 0 aromatic carbocycles. The van der Waals surface area contributed by atoms with Gasteiger partial charge in [-0.2, -0.15) is 0 Å². The van der Waals surface area contributed by atoms with Crippen LogP contribution in [0.1, 0.15) is 56.3 Å². The lowest BCUT2D eigenvalue weighted by Crippen LogP contribution is -2.34. The Labute approximate surface area is 118 Å². The van der Waals surface area contributed by atoms with Gasteiger partial charge in [-0.15, -0.1) is 0 Å². The third-order valence-electron chi connectivity index (χ3n) is 2.87. The van der Waals surface area contributed by atoms with Gasteiger partial charge in [0, 0.05) is 17.8 Å². The van der Waals surface area contributed by atoms with Crippen LogP contribution in [-0.4, -0.2) is 16.9 Å². The van der Waals surface area contributed by atoms with E-state index in [2.05, 4.69) is 40.1 Å². The van der Waals surface area contributed by atoms with E-state index in [9.17, 15) is 4.79 Å². The zero-order chi connectivity index (χ0) is 13.4. The third kappa shape index (κ3) is 5.17. The molecule has 100 valence electrons. The van der Waals surface area contributed by atoms with Gasteiger partial charge in [-0.25, -0.2) is 4.98 Å². The van der Waals surface area contributed by atoms with Crippen molar-refractivity contribution in [2.24, 2.45) is 0 Å². The highest BCUT2D eigenvalue weighted by molar-refractivity contribution is 9.10. The molecular formula is C14H21BrN2O. The van der Waals surface area contributed by atoms with Crippen LogP contribution in [-0.2, 0) is 0 Å². The highest BCUT2D eigenvalue weighted by Gasteiger charge is 2.12. The second-order valence-electron chi connectivity index (χ2n) is 4.47. The molecule has 1 amide bonds. The summed E-state index contributed by atoms with van der Waals surface area (Å²) >= 11 is 3.28. The van der Waals surface area contributed by atoms with E-state index in [1.54, 1.807) is 18.3 Å². The van der Waals surface area contributed by atoms with Crippen molar-refractivity contribution < 1.29 is 4.79 Å². The van der Waals surface area contributed by atoms with Gasteiger partial charge in [0.2, 0.25) is 0 Å². The number of nitrogens with one attached hydrogen (secondary N) is 1. The van der Waals surface area contributed by atoms with Crippen molar-refractivity contribution >= 4 is 21.8 Å². The molecule has 1 atom stereocenters. The first-order valence-electron chi connectivity index (χ1n) is 6.59. The summed E-state index contributed by atoms with van der Waals surface area (Å²) < 4.78 is 0.691. The Morgan fingerprint density at radius 2 is 2.17 bits per heavy atom. The number of hydrogen-bond donors (Lipinski definition) is 1. The maximum atomic E-state index is 12.1. The molecule has 18 heavy (non-hydrogen) atoms. The van der Waals surface area contributed by atoms with E-state index in [0.717, 1.165) is 32.1 Å². The van der Waals surface area contributed by atoms with Crippen LogP contribution < -0.4 is 5.32 Å². The average molecular weight is 313 g/mol. The highest BCUT2D eigenvalue weighted by Crippen LogP contribution is 2.11. The minimum Gasteiger partial charge on any atom is -0.349 e. The fraction of sp³-hybridized carbons (Fsp3) is 0.571. The van der Waals surface area contributed by atoms with Crippen molar-refractivity contribution in [3.63, 3.8) is 0 Å². The summed E-state index contributed by atoms with van der Waals surface area (Å²) in [5.74, 6) is -0.00680. The molecular weight excluding hydrogens is 292 g/mol. The van der Waals surface area contributed by atoms with E-state index >= 15 is 0 Å². The maximum absolute atomic E-state index is 12.1. The second kappa shape index (κ2) is 8.25. The molecule has 4 heteroatoms. The fourth-order valence-electron chi connectivity index (χ4n) is 1.90. The Kier molecular flexibility index (Phi) is 6.94. The zero-order valence-electron chi connectivity index (χ0n) is 11.1. The van der Waals surface area contributed by atoms with Crippen molar-refractivity contribution in [1.82, 2.24) is 10.3 Å². The third-order valence-corrected chi connectivity index (χ3v) is 3.30. The molecule has 0 aliphatic heterocycles. The Balaban J connectivity index is 2.59. The standard InChI is InChI=1S/C14H21BrN2O/c1-3-5-7-12(6-4-2)17-14(18)11-8-9-16-13(15)10-11/h8-10,12H,3-7H2,1-2H3,(H,17,18). The average Bonchev–Trinajstić information content (AvgIpc) is 2.36. The summed E-state index contributed by atoms with van der Waals surface area (Å²) in [6.07, 6.45) is 7.15. The second-order valence-corrected chi connectivity index (χ2v) is 5.28. The van der Waals surface area contributed by atoms with Crippen LogP contribution in [0.25, 0.3) is 0 Å². The van der Waals surface area contributed by atoms with Crippen LogP contribution in [0, 0.1) is 0 Å². The first-order valence-corrected chi connectivity index (χ1v) is 7.39. The summed E-state index contributed by atoms with van der Waals surface area (Å²) in [5.41, 5.74) is 0.662. The molecule has 1 aromatic heterocycles. The Bertz CT molecular complexity index is 382.